The Morgan fingerprint density at radius 2 is 2.14 bits per heavy atom. The topological polar surface area (TPSA) is 57.6 Å². The summed E-state index contributed by atoms with van der Waals surface area (Å²) in [6.45, 7) is 0. The molecule has 1 aliphatic heterocycles. The molecule has 0 aromatic carbocycles. The number of thiophene rings is 1. The Morgan fingerprint density at radius 1 is 1.43 bits per heavy atom. The molecule has 2 heterocycles. The summed E-state index contributed by atoms with van der Waals surface area (Å²) in [5, 5.41) is 9.60. The number of carbonyl (C=O) groups is 2. The maximum atomic E-state index is 12.4. The number of rotatable bonds is 3. The van der Waals surface area contributed by atoms with Crippen molar-refractivity contribution in [1.29, 1.82) is 0 Å². The molecule has 0 radical (unpaired) electrons. The Hall–Kier alpha value is -0.590. The van der Waals surface area contributed by atoms with Crippen molar-refractivity contribution >= 4 is 50.7 Å². The van der Waals surface area contributed by atoms with E-state index in [-0.39, 0.29) is 11.9 Å². The second kappa shape index (κ2) is 5.89. The van der Waals surface area contributed by atoms with Gasteiger partial charge >= 0.3 is 5.97 Å². The molecule has 1 aliphatic carbocycles. The third-order valence-corrected chi connectivity index (χ3v) is 6.63. The van der Waals surface area contributed by atoms with Crippen molar-refractivity contribution in [1.82, 2.24) is 4.90 Å². The summed E-state index contributed by atoms with van der Waals surface area (Å²) in [7, 11) is 0. The molecule has 2 aliphatic rings. The highest BCUT2D eigenvalue weighted by Gasteiger charge is 2.45. The van der Waals surface area contributed by atoms with Crippen LogP contribution in [0.4, 0.5) is 0 Å². The lowest BCUT2D eigenvalue weighted by molar-refractivity contribution is -0.146. The summed E-state index contributed by atoms with van der Waals surface area (Å²) >= 11 is 10.9. The molecule has 1 amide bonds. The number of carbonyl (C=O) groups excluding carboxylic acids is 1. The Bertz CT molecular complexity index is 567. The fourth-order valence-corrected chi connectivity index (χ4v) is 4.90. The van der Waals surface area contributed by atoms with Gasteiger partial charge in [-0.15, -0.1) is 11.3 Å². The van der Waals surface area contributed by atoms with E-state index in [2.05, 4.69) is 15.9 Å². The van der Waals surface area contributed by atoms with E-state index in [9.17, 15) is 14.7 Å². The van der Waals surface area contributed by atoms with Crippen molar-refractivity contribution in [3.05, 3.63) is 19.8 Å². The first kappa shape index (κ1) is 15.3. The van der Waals surface area contributed by atoms with Crippen molar-refractivity contribution in [2.24, 2.45) is 5.92 Å². The van der Waals surface area contributed by atoms with E-state index in [4.69, 9.17) is 11.6 Å². The second-order valence-electron chi connectivity index (χ2n) is 5.58. The van der Waals surface area contributed by atoms with Gasteiger partial charge in [-0.05, 0) is 47.7 Å². The van der Waals surface area contributed by atoms with E-state index >= 15 is 0 Å². The molecular weight excluding hydrogens is 378 g/mol. The lowest BCUT2D eigenvalue weighted by Crippen LogP contribution is -2.40. The van der Waals surface area contributed by atoms with E-state index in [1.807, 2.05) is 11.0 Å². The quantitative estimate of drug-likeness (QED) is 0.843. The summed E-state index contributed by atoms with van der Waals surface area (Å²) in [5.74, 6) is -1.31. The van der Waals surface area contributed by atoms with Crippen LogP contribution >= 0.6 is 38.9 Å². The zero-order valence-electron chi connectivity index (χ0n) is 11.2. The zero-order chi connectivity index (χ0) is 15.1. The number of hydrogen-bond donors (Lipinski definition) is 1. The van der Waals surface area contributed by atoms with Gasteiger partial charge in [0.2, 0.25) is 5.91 Å². The van der Waals surface area contributed by atoms with Crippen LogP contribution in [0, 0.1) is 5.92 Å². The highest BCUT2D eigenvalue weighted by molar-refractivity contribution is 9.10. The summed E-state index contributed by atoms with van der Waals surface area (Å²) in [6.07, 6.45) is 3.54. The van der Waals surface area contributed by atoms with Crippen LogP contribution in [0.15, 0.2) is 10.5 Å². The summed E-state index contributed by atoms with van der Waals surface area (Å²) in [6, 6.07) is 1.67. The average Bonchev–Trinajstić information content (AvgIpc) is 3.19. The van der Waals surface area contributed by atoms with E-state index in [1.165, 1.54) is 11.3 Å². The molecule has 3 rings (SSSR count). The third kappa shape index (κ3) is 2.98. The number of carboxylic acids is 1. The monoisotopic (exact) mass is 391 g/mol. The van der Waals surface area contributed by atoms with Crippen LogP contribution in [-0.4, -0.2) is 27.9 Å². The van der Waals surface area contributed by atoms with E-state index in [1.54, 1.807) is 0 Å². The van der Waals surface area contributed by atoms with Crippen molar-refractivity contribution in [3.8, 4) is 0 Å². The van der Waals surface area contributed by atoms with Crippen LogP contribution in [0.1, 0.15) is 43.0 Å². The van der Waals surface area contributed by atoms with Crippen LogP contribution in [0.25, 0.3) is 0 Å². The fraction of sp³-hybridized carbons (Fsp3) is 0.571. The van der Waals surface area contributed by atoms with Crippen LogP contribution in [0.2, 0.25) is 4.34 Å². The lowest BCUT2D eigenvalue weighted by Gasteiger charge is -2.33. The number of hydrogen-bond acceptors (Lipinski definition) is 3. The first-order chi connectivity index (χ1) is 9.99. The maximum Gasteiger partial charge on any atom is 0.308 e. The molecule has 1 aromatic rings. The van der Waals surface area contributed by atoms with Gasteiger partial charge in [0.25, 0.3) is 0 Å². The van der Waals surface area contributed by atoms with Crippen LogP contribution in [-0.2, 0) is 9.59 Å². The van der Waals surface area contributed by atoms with Crippen molar-refractivity contribution in [2.45, 2.75) is 44.2 Å². The highest BCUT2D eigenvalue weighted by Crippen LogP contribution is 2.46. The van der Waals surface area contributed by atoms with Crippen LogP contribution in [0.5, 0.6) is 0 Å². The van der Waals surface area contributed by atoms with Gasteiger partial charge in [0, 0.05) is 21.8 Å². The SMILES string of the molecule is O=C(O)C1CCCC(=O)N(C2CC2)C1c1cc(Br)c(Cl)s1. The van der Waals surface area contributed by atoms with Gasteiger partial charge in [0.1, 0.15) is 4.34 Å². The predicted octanol–water partition coefficient (Wildman–Crippen LogP) is 4.08. The average molecular weight is 393 g/mol. The van der Waals surface area contributed by atoms with Gasteiger partial charge in [0.15, 0.2) is 0 Å². The molecule has 7 heteroatoms. The van der Waals surface area contributed by atoms with Gasteiger partial charge in [-0.2, -0.15) is 0 Å². The molecular formula is C14H15BrClNO3S. The molecule has 1 saturated carbocycles. The highest BCUT2D eigenvalue weighted by atomic mass is 79.9. The molecule has 2 atom stereocenters. The van der Waals surface area contributed by atoms with Crippen molar-refractivity contribution in [3.63, 3.8) is 0 Å². The fourth-order valence-electron chi connectivity index (χ4n) is 3.00. The first-order valence-corrected chi connectivity index (χ1v) is 8.96. The summed E-state index contributed by atoms with van der Waals surface area (Å²) in [4.78, 5) is 26.8. The van der Waals surface area contributed by atoms with Crippen LogP contribution in [0.3, 0.4) is 0 Å². The number of likely N-dealkylation sites (tertiary alicyclic amines) is 1. The first-order valence-electron chi connectivity index (χ1n) is 6.97. The standard InChI is InChI=1S/C14H15BrClNO3S/c15-9-6-10(21-13(9)16)12-8(14(19)20)2-1-3-11(18)17(12)7-4-5-7/h6-8,12H,1-5H2,(H,19,20). The Kier molecular flexibility index (Phi) is 4.30. The molecule has 2 unspecified atom stereocenters. The Labute approximate surface area is 140 Å². The van der Waals surface area contributed by atoms with Crippen molar-refractivity contribution in [2.75, 3.05) is 0 Å². The van der Waals surface area contributed by atoms with E-state index < -0.39 is 17.9 Å². The number of aliphatic carboxylic acids is 1. The molecule has 1 aromatic heterocycles. The lowest BCUT2D eigenvalue weighted by atomic mass is 9.93. The second-order valence-corrected chi connectivity index (χ2v) is 8.12. The largest absolute Gasteiger partial charge is 0.481 e. The third-order valence-electron chi connectivity index (χ3n) is 4.09. The number of halogens is 2. The van der Waals surface area contributed by atoms with E-state index in [0.29, 0.717) is 23.6 Å². The molecule has 1 N–H and O–H groups in total. The minimum absolute atomic E-state index is 0.0758. The summed E-state index contributed by atoms with van der Waals surface area (Å²) < 4.78 is 1.36. The molecule has 2 fully saturated rings. The Morgan fingerprint density at radius 3 is 2.67 bits per heavy atom. The molecule has 0 spiro atoms. The summed E-state index contributed by atoms with van der Waals surface area (Å²) in [5.41, 5.74) is 0. The van der Waals surface area contributed by atoms with Gasteiger partial charge < -0.3 is 10.0 Å². The van der Waals surface area contributed by atoms with Gasteiger partial charge in [-0.3, -0.25) is 9.59 Å². The van der Waals surface area contributed by atoms with E-state index in [0.717, 1.165) is 22.2 Å². The van der Waals surface area contributed by atoms with Gasteiger partial charge in [0.05, 0.1) is 12.0 Å². The van der Waals surface area contributed by atoms with Gasteiger partial charge in [-0.25, -0.2) is 0 Å². The van der Waals surface area contributed by atoms with Crippen LogP contribution < -0.4 is 0 Å². The number of carboxylic acid groups (broad SMARTS) is 1. The predicted molar refractivity (Wildman–Crippen MR) is 84.6 cm³/mol. The maximum absolute atomic E-state index is 12.4. The Balaban J connectivity index is 2.05. The van der Waals surface area contributed by atoms with Gasteiger partial charge in [-0.1, -0.05) is 11.6 Å². The zero-order valence-corrected chi connectivity index (χ0v) is 14.4. The minimum atomic E-state index is -0.832. The molecule has 21 heavy (non-hydrogen) atoms. The molecule has 1 saturated heterocycles. The smallest absolute Gasteiger partial charge is 0.308 e. The number of nitrogens with zero attached hydrogens (tertiary/aromatic N) is 1. The van der Waals surface area contributed by atoms with Crippen molar-refractivity contribution < 1.29 is 14.7 Å². The number of amides is 1. The minimum Gasteiger partial charge on any atom is -0.481 e. The molecule has 0 bridgehead atoms. The normalized spacial score (nSPS) is 26.8. The molecule has 114 valence electrons. The molecule has 4 nitrogen and oxygen atoms in total.